The summed E-state index contributed by atoms with van der Waals surface area (Å²) >= 11 is 0. The number of para-hydroxylation sites is 2. The van der Waals surface area contributed by atoms with E-state index in [2.05, 4.69) is 36.6 Å². The normalized spacial score (nSPS) is 13.0. The number of nitrogens with zero attached hydrogens (tertiary/aromatic N) is 2. The fourth-order valence-corrected chi connectivity index (χ4v) is 2.84. The minimum atomic E-state index is 0. The molecule has 7 heteroatoms. The topological polar surface area (TPSA) is 46.7 Å². The van der Waals surface area contributed by atoms with Crippen molar-refractivity contribution < 1.29 is 69.6 Å². The molecule has 0 amide bonds. The predicted molar refractivity (Wildman–Crippen MR) is 130 cm³/mol. The summed E-state index contributed by atoms with van der Waals surface area (Å²) in [6, 6.07) is 16.3. The van der Waals surface area contributed by atoms with Crippen molar-refractivity contribution in [1.29, 1.82) is 0 Å². The van der Waals surface area contributed by atoms with Crippen LogP contribution in [0.25, 0.3) is 10.6 Å². The van der Waals surface area contributed by atoms with Crippen LogP contribution in [0, 0.1) is 13.8 Å². The van der Waals surface area contributed by atoms with E-state index in [-0.39, 0.29) is 60.2 Å². The summed E-state index contributed by atoms with van der Waals surface area (Å²) in [5.41, 5.74) is 4.74. The third kappa shape index (κ3) is 19.8. The predicted octanol–water partition coefficient (Wildman–Crippen LogP) is 1.64. The van der Waals surface area contributed by atoms with Crippen LogP contribution in [0.2, 0.25) is 0 Å². The smallest absolute Gasteiger partial charge is 1.00 e. The minimum Gasteiger partial charge on any atom is -1.00 e. The van der Waals surface area contributed by atoms with Gasteiger partial charge in [0.1, 0.15) is 0 Å². The van der Waals surface area contributed by atoms with Crippen molar-refractivity contribution in [2.24, 2.45) is 0 Å². The summed E-state index contributed by atoms with van der Waals surface area (Å²) in [5.74, 6) is 0. The minimum absolute atomic E-state index is 0. The fourth-order valence-electron chi connectivity index (χ4n) is 2.84. The van der Waals surface area contributed by atoms with Crippen LogP contribution < -0.4 is 34.0 Å². The molecule has 0 aromatic heterocycles. The van der Waals surface area contributed by atoms with E-state index in [0.29, 0.717) is 0 Å². The second-order valence-corrected chi connectivity index (χ2v) is 7.16. The Hall–Kier alpha value is -0.197. The van der Waals surface area contributed by atoms with Crippen LogP contribution in [0.15, 0.2) is 48.5 Å². The van der Waals surface area contributed by atoms with Crippen LogP contribution >= 0.6 is 0 Å². The molecule has 0 unspecified atom stereocenters. The van der Waals surface area contributed by atoms with Gasteiger partial charge in [-0.2, -0.15) is 0 Å². The van der Waals surface area contributed by atoms with Gasteiger partial charge in [0.25, 0.3) is 0 Å². The first-order valence-electron chi connectivity index (χ1n) is 11.3. The van der Waals surface area contributed by atoms with Crippen LogP contribution in [0.1, 0.15) is 50.7 Å². The summed E-state index contributed by atoms with van der Waals surface area (Å²) in [6.07, 6.45) is 5.11. The van der Waals surface area contributed by atoms with Gasteiger partial charge in [0.15, 0.2) is 0 Å². The quantitative estimate of drug-likeness (QED) is 0.500. The van der Waals surface area contributed by atoms with Crippen LogP contribution in [0.5, 0.6) is 0 Å². The Morgan fingerprint density at radius 1 is 0.606 bits per heavy atom. The summed E-state index contributed by atoms with van der Waals surface area (Å²) < 4.78 is 9.89. The Morgan fingerprint density at radius 2 is 0.909 bits per heavy atom. The van der Waals surface area contributed by atoms with E-state index < -0.39 is 0 Å². The SMILES string of the molecule is C1CCOC1.C1CCOC1.CC[N-]c1ccccc1C.CC[N-]c1ccccc1C.[Br-].[Br-].[Zr+4]. The molecule has 2 aromatic carbocycles. The van der Waals surface area contributed by atoms with Crippen molar-refractivity contribution >= 4 is 11.4 Å². The maximum atomic E-state index is 4.94. The Kier molecular flexibility index (Phi) is 29.9. The van der Waals surface area contributed by atoms with Crippen molar-refractivity contribution in [1.82, 2.24) is 0 Å². The van der Waals surface area contributed by atoms with Crippen molar-refractivity contribution in [2.45, 2.75) is 53.4 Å². The number of hydrogen-bond acceptors (Lipinski definition) is 2. The van der Waals surface area contributed by atoms with Crippen LogP contribution in [0.3, 0.4) is 0 Å². The molecule has 2 aliphatic rings. The van der Waals surface area contributed by atoms with Gasteiger partial charge in [0, 0.05) is 26.4 Å². The Morgan fingerprint density at radius 3 is 1.12 bits per heavy atom. The molecular formula is C26H40Br2N2O2Zr. The van der Waals surface area contributed by atoms with E-state index in [1.54, 1.807) is 0 Å². The molecule has 2 fully saturated rings. The largest absolute Gasteiger partial charge is 4.00 e. The molecule has 2 saturated heterocycles. The van der Waals surface area contributed by atoms with Gasteiger partial charge in [-0.1, -0.05) is 73.5 Å². The van der Waals surface area contributed by atoms with E-state index >= 15 is 0 Å². The Labute approximate surface area is 242 Å². The number of aryl methyl sites for hydroxylation is 2. The first-order chi connectivity index (χ1) is 14.7. The number of benzene rings is 2. The summed E-state index contributed by atoms with van der Waals surface area (Å²) in [6.45, 7) is 14.0. The zero-order chi connectivity index (χ0) is 21.9. The molecule has 184 valence electrons. The first-order valence-corrected chi connectivity index (χ1v) is 11.3. The van der Waals surface area contributed by atoms with Crippen LogP contribution in [-0.4, -0.2) is 39.5 Å². The molecule has 33 heavy (non-hydrogen) atoms. The molecule has 4 nitrogen and oxygen atoms in total. The average molecular weight is 664 g/mol. The maximum absolute atomic E-state index is 4.94. The Bertz CT molecular complexity index is 598. The molecule has 2 aromatic rings. The Balaban J connectivity index is -0.000000368. The molecule has 4 rings (SSSR count). The van der Waals surface area contributed by atoms with Gasteiger partial charge >= 0.3 is 26.2 Å². The molecule has 2 aliphatic heterocycles. The fraction of sp³-hybridized carbons (Fsp3) is 0.538. The molecule has 2 heterocycles. The van der Waals surface area contributed by atoms with Gasteiger partial charge in [-0.15, -0.1) is 24.5 Å². The zero-order valence-corrected chi connectivity index (χ0v) is 26.3. The summed E-state index contributed by atoms with van der Waals surface area (Å²) in [7, 11) is 0. The van der Waals surface area contributed by atoms with E-state index in [0.717, 1.165) is 50.9 Å². The monoisotopic (exact) mass is 660 g/mol. The zero-order valence-electron chi connectivity index (χ0n) is 20.7. The third-order valence-electron chi connectivity index (χ3n) is 4.54. The molecule has 0 saturated carbocycles. The average Bonchev–Trinajstić information content (AvgIpc) is 3.52. The van der Waals surface area contributed by atoms with E-state index in [1.807, 2.05) is 50.2 Å². The van der Waals surface area contributed by atoms with Crippen molar-refractivity contribution in [3.8, 4) is 0 Å². The molecule has 0 N–H and O–H groups in total. The van der Waals surface area contributed by atoms with Gasteiger partial charge in [0.05, 0.1) is 0 Å². The standard InChI is InChI=1S/2C9H12N.2C4H8O.2BrH.Zr/c2*1-3-10-9-7-5-4-6-8(9)2;2*1-2-4-5-3-1;;;/h2*4-7H,3H2,1-2H3;2*1-4H2;2*1H;/q2*-1;;;;;+4/p-2. The molecule has 0 spiro atoms. The first kappa shape index (κ1) is 37.4. The third-order valence-corrected chi connectivity index (χ3v) is 4.54. The number of halogens is 2. The van der Waals surface area contributed by atoms with Crippen molar-refractivity contribution in [2.75, 3.05) is 39.5 Å². The van der Waals surface area contributed by atoms with Gasteiger partial charge in [-0.05, 0) is 39.5 Å². The van der Waals surface area contributed by atoms with E-state index in [1.165, 1.54) is 36.8 Å². The second-order valence-electron chi connectivity index (χ2n) is 7.16. The van der Waals surface area contributed by atoms with Gasteiger partial charge in [0.2, 0.25) is 0 Å². The second kappa shape index (κ2) is 26.4. The van der Waals surface area contributed by atoms with Gasteiger partial charge in [-0.3, -0.25) is 0 Å². The van der Waals surface area contributed by atoms with Gasteiger partial charge < -0.3 is 54.1 Å². The summed E-state index contributed by atoms with van der Waals surface area (Å²) in [4.78, 5) is 0. The molecule has 0 bridgehead atoms. The maximum Gasteiger partial charge on any atom is 4.00 e. The molecule has 0 radical (unpaired) electrons. The number of ether oxygens (including phenoxy) is 2. The molecule has 0 aliphatic carbocycles. The van der Waals surface area contributed by atoms with Gasteiger partial charge in [-0.25, -0.2) is 0 Å². The van der Waals surface area contributed by atoms with Crippen molar-refractivity contribution in [3.05, 3.63) is 70.3 Å². The molecular weight excluding hydrogens is 623 g/mol. The number of rotatable bonds is 4. The summed E-state index contributed by atoms with van der Waals surface area (Å²) in [5, 5.41) is 8.61. The van der Waals surface area contributed by atoms with E-state index in [9.17, 15) is 0 Å². The van der Waals surface area contributed by atoms with Crippen LogP contribution in [-0.2, 0) is 35.7 Å². The van der Waals surface area contributed by atoms with E-state index in [4.69, 9.17) is 9.47 Å². The van der Waals surface area contributed by atoms with Crippen LogP contribution in [0.4, 0.5) is 11.4 Å². The molecule has 0 atom stereocenters. The van der Waals surface area contributed by atoms with Crippen molar-refractivity contribution in [3.63, 3.8) is 0 Å². The number of hydrogen-bond donors (Lipinski definition) is 0.